The van der Waals surface area contributed by atoms with Crippen molar-refractivity contribution in [1.82, 2.24) is 5.32 Å². The summed E-state index contributed by atoms with van der Waals surface area (Å²) in [6.45, 7) is 0.392. The smallest absolute Gasteiger partial charge is 0.404 e. The van der Waals surface area contributed by atoms with E-state index in [1.807, 2.05) is 0 Å². The number of hydrogen-bond donors (Lipinski definition) is 2. The van der Waals surface area contributed by atoms with Crippen molar-refractivity contribution >= 4 is 6.09 Å². The second kappa shape index (κ2) is 3.44. The average molecular weight is 168 g/mol. The quantitative estimate of drug-likeness (QED) is 0.667. The van der Waals surface area contributed by atoms with Gasteiger partial charge in [-0.1, -0.05) is 6.42 Å². The Morgan fingerprint density at radius 2 is 2.33 bits per heavy atom. The van der Waals surface area contributed by atoms with Crippen LogP contribution in [-0.4, -0.2) is 17.7 Å². The maximum absolute atomic E-state index is 10.1. The minimum atomic E-state index is -1.01. The highest BCUT2D eigenvalue weighted by Gasteiger charge is 2.36. The van der Waals surface area contributed by atoms with E-state index in [0.717, 1.165) is 19.3 Å². The van der Waals surface area contributed by atoms with Crippen LogP contribution in [0.3, 0.4) is 0 Å². The van der Waals surface area contributed by atoms with Gasteiger partial charge in [0.05, 0.1) is 11.5 Å². The van der Waals surface area contributed by atoms with Crippen molar-refractivity contribution in [2.75, 3.05) is 6.54 Å². The van der Waals surface area contributed by atoms with Gasteiger partial charge in [-0.25, -0.2) is 4.79 Å². The van der Waals surface area contributed by atoms with Crippen LogP contribution in [0.5, 0.6) is 0 Å². The summed E-state index contributed by atoms with van der Waals surface area (Å²) in [6.07, 6.45) is 2.58. The highest BCUT2D eigenvalue weighted by Crippen LogP contribution is 2.42. The van der Waals surface area contributed by atoms with Gasteiger partial charge in [-0.3, -0.25) is 0 Å². The summed E-state index contributed by atoms with van der Waals surface area (Å²) in [4.78, 5) is 10.1. The van der Waals surface area contributed by atoms with Crippen molar-refractivity contribution in [3.05, 3.63) is 0 Å². The zero-order chi connectivity index (χ0) is 9.03. The van der Waals surface area contributed by atoms with Crippen LogP contribution in [0.4, 0.5) is 4.79 Å². The van der Waals surface area contributed by atoms with Crippen LogP contribution in [0, 0.1) is 16.7 Å². The molecule has 1 rings (SSSR count). The van der Waals surface area contributed by atoms with Gasteiger partial charge >= 0.3 is 6.09 Å². The van der Waals surface area contributed by atoms with Gasteiger partial charge in [-0.15, -0.1) is 0 Å². The maximum atomic E-state index is 10.1. The lowest BCUT2D eigenvalue weighted by molar-refractivity contribution is 0.179. The van der Waals surface area contributed by atoms with Crippen molar-refractivity contribution in [3.63, 3.8) is 0 Å². The van der Waals surface area contributed by atoms with E-state index in [-0.39, 0.29) is 5.41 Å². The Balaban J connectivity index is 2.22. The summed E-state index contributed by atoms with van der Waals surface area (Å²) >= 11 is 0. The molecule has 0 heterocycles. The number of carbonyl (C=O) groups is 1. The van der Waals surface area contributed by atoms with Crippen molar-refractivity contribution in [2.45, 2.75) is 25.7 Å². The van der Waals surface area contributed by atoms with Gasteiger partial charge in [-0.2, -0.15) is 5.26 Å². The van der Waals surface area contributed by atoms with Crippen molar-refractivity contribution < 1.29 is 9.90 Å². The second-order valence-corrected chi connectivity index (χ2v) is 3.23. The van der Waals surface area contributed by atoms with Gasteiger partial charge in [0.2, 0.25) is 0 Å². The molecular weight excluding hydrogens is 156 g/mol. The van der Waals surface area contributed by atoms with E-state index in [2.05, 4.69) is 11.4 Å². The molecule has 0 radical (unpaired) electrons. The first-order valence-corrected chi connectivity index (χ1v) is 4.07. The standard InChI is InChI=1S/C8H12N2O2/c9-6-8(2-1-3-8)4-5-10-7(11)12/h10H,1-5H2,(H,11,12). The molecule has 12 heavy (non-hydrogen) atoms. The van der Waals surface area contributed by atoms with Gasteiger partial charge in [0, 0.05) is 6.54 Å². The molecule has 2 N–H and O–H groups in total. The molecular formula is C8H12N2O2. The molecule has 0 aromatic heterocycles. The molecule has 0 atom stereocenters. The molecule has 0 aromatic rings. The van der Waals surface area contributed by atoms with Crippen molar-refractivity contribution in [3.8, 4) is 6.07 Å². The molecule has 0 bridgehead atoms. The van der Waals surface area contributed by atoms with Crippen LogP contribution in [0.25, 0.3) is 0 Å². The third-order valence-electron chi connectivity index (χ3n) is 2.43. The molecule has 0 unspecified atom stereocenters. The molecule has 1 aliphatic rings. The van der Waals surface area contributed by atoms with E-state index in [9.17, 15) is 4.79 Å². The number of amides is 1. The Kier molecular flexibility index (Phi) is 2.54. The molecule has 1 amide bonds. The fourth-order valence-electron chi connectivity index (χ4n) is 1.43. The van der Waals surface area contributed by atoms with Gasteiger partial charge in [-0.05, 0) is 19.3 Å². The Morgan fingerprint density at radius 3 is 2.67 bits per heavy atom. The van der Waals surface area contributed by atoms with Crippen LogP contribution >= 0.6 is 0 Å². The fraction of sp³-hybridized carbons (Fsp3) is 0.750. The van der Waals surface area contributed by atoms with Crippen molar-refractivity contribution in [2.24, 2.45) is 5.41 Å². The Labute approximate surface area is 71.2 Å². The number of hydrogen-bond acceptors (Lipinski definition) is 2. The van der Waals surface area contributed by atoms with Crippen LogP contribution < -0.4 is 5.32 Å². The number of nitrogens with zero attached hydrogens (tertiary/aromatic N) is 1. The lowest BCUT2D eigenvalue weighted by Gasteiger charge is -2.34. The molecule has 1 saturated carbocycles. The Hall–Kier alpha value is -1.24. The molecule has 0 saturated heterocycles. The van der Waals surface area contributed by atoms with Crippen LogP contribution in [0.2, 0.25) is 0 Å². The summed E-state index contributed by atoms with van der Waals surface area (Å²) < 4.78 is 0. The summed E-state index contributed by atoms with van der Waals surface area (Å²) in [5.74, 6) is 0. The molecule has 4 nitrogen and oxygen atoms in total. The highest BCUT2D eigenvalue weighted by atomic mass is 16.4. The third kappa shape index (κ3) is 1.88. The van der Waals surface area contributed by atoms with E-state index in [4.69, 9.17) is 10.4 Å². The molecule has 4 heteroatoms. The lowest BCUT2D eigenvalue weighted by atomic mass is 9.68. The second-order valence-electron chi connectivity index (χ2n) is 3.23. The molecule has 0 aliphatic heterocycles. The van der Waals surface area contributed by atoms with Gasteiger partial charge in [0.1, 0.15) is 0 Å². The normalized spacial score (nSPS) is 18.9. The highest BCUT2D eigenvalue weighted by molar-refractivity contribution is 5.64. The summed E-state index contributed by atoms with van der Waals surface area (Å²) in [6, 6.07) is 2.26. The Morgan fingerprint density at radius 1 is 1.67 bits per heavy atom. The van der Waals surface area contributed by atoms with Gasteiger partial charge in [0.15, 0.2) is 0 Å². The van der Waals surface area contributed by atoms with Crippen LogP contribution in [0.15, 0.2) is 0 Å². The Bertz CT molecular complexity index is 216. The third-order valence-corrected chi connectivity index (χ3v) is 2.43. The zero-order valence-electron chi connectivity index (χ0n) is 6.84. The minimum absolute atomic E-state index is 0.220. The van der Waals surface area contributed by atoms with Crippen LogP contribution in [0.1, 0.15) is 25.7 Å². The molecule has 0 aromatic carbocycles. The van der Waals surface area contributed by atoms with E-state index < -0.39 is 6.09 Å². The first kappa shape index (κ1) is 8.85. The predicted molar refractivity (Wildman–Crippen MR) is 42.5 cm³/mol. The molecule has 66 valence electrons. The average Bonchev–Trinajstić information content (AvgIpc) is 1.94. The fourth-order valence-corrected chi connectivity index (χ4v) is 1.43. The summed E-state index contributed by atoms with van der Waals surface area (Å²) in [5.41, 5.74) is -0.220. The summed E-state index contributed by atoms with van der Waals surface area (Å²) in [5, 5.41) is 19.3. The van der Waals surface area contributed by atoms with E-state index >= 15 is 0 Å². The van der Waals surface area contributed by atoms with Gasteiger partial charge in [0.25, 0.3) is 0 Å². The lowest BCUT2D eigenvalue weighted by Crippen LogP contribution is -2.33. The minimum Gasteiger partial charge on any atom is -0.465 e. The largest absolute Gasteiger partial charge is 0.465 e. The molecule has 1 fully saturated rings. The van der Waals surface area contributed by atoms with E-state index in [1.165, 1.54) is 0 Å². The van der Waals surface area contributed by atoms with Crippen LogP contribution in [-0.2, 0) is 0 Å². The first-order chi connectivity index (χ1) is 5.68. The molecule has 0 spiro atoms. The SMILES string of the molecule is N#CC1(CCNC(=O)O)CCC1. The van der Waals surface area contributed by atoms with E-state index in [1.54, 1.807) is 0 Å². The number of nitriles is 1. The number of nitrogens with one attached hydrogen (secondary N) is 1. The summed E-state index contributed by atoms with van der Waals surface area (Å²) in [7, 11) is 0. The number of rotatable bonds is 3. The molecule has 1 aliphatic carbocycles. The van der Waals surface area contributed by atoms with Gasteiger partial charge < -0.3 is 10.4 Å². The maximum Gasteiger partial charge on any atom is 0.404 e. The number of carboxylic acid groups (broad SMARTS) is 1. The first-order valence-electron chi connectivity index (χ1n) is 4.07. The predicted octanol–water partition coefficient (Wildman–Crippen LogP) is 1.34. The monoisotopic (exact) mass is 168 g/mol. The zero-order valence-corrected chi connectivity index (χ0v) is 6.84. The van der Waals surface area contributed by atoms with Crippen molar-refractivity contribution in [1.29, 1.82) is 5.26 Å². The van der Waals surface area contributed by atoms with E-state index in [0.29, 0.717) is 13.0 Å². The topological polar surface area (TPSA) is 73.1 Å².